The molecule has 94 valence electrons. The van der Waals surface area contributed by atoms with E-state index < -0.39 is 0 Å². The first-order valence-corrected chi connectivity index (χ1v) is 6.35. The van der Waals surface area contributed by atoms with E-state index in [2.05, 4.69) is 36.7 Å². The van der Waals surface area contributed by atoms with Crippen molar-refractivity contribution in [2.45, 2.75) is 26.2 Å². The molecule has 1 aromatic rings. The van der Waals surface area contributed by atoms with Crippen molar-refractivity contribution in [2.75, 3.05) is 31.2 Å². The molecule has 3 nitrogen and oxygen atoms in total. The molecule has 0 saturated carbocycles. The van der Waals surface area contributed by atoms with Gasteiger partial charge >= 0.3 is 0 Å². The van der Waals surface area contributed by atoms with Crippen molar-refractivity contribution in [3.05, 3.63) is 23.0 Å². The number of pyridine rings is 1. The number of ether oxygens (including phenoxy) is 1. The molecule has 2 heterocycles. The summed E-state index contributed by atoms with van der Waals surface area (Å²) < 4.78 is 5.39. The van der Waals surface area contributed by atoms with E-state index in [1.807, 2.05) is 0 Å². The fourth-order valence-electron chi connectivity index (χ4n) is 2.19. The van der Waals surface area contributed by atoms with Crippen LogP contribution in [0.5, 0.6) is 0 Å². The smallest absolute Gasteiger partial charge is 0.134 e. The van der Waals surface area contributed by atoms with Crippen molar-refractivity contribution in [3.8, 4) is 0 Å². The monoisotopic (exact) mass is 254 g/mol. The van der Waals surface area contributed by atoms with E-state index in [0.29, 0.717) is 5.15 Å². The SMILES string of the molecule is CC(C)(C)c1c(N2CCOCC2)ccnc1Cl. The van der Waals surface area contributed by atoms with Crippen LogP contribution in [0.2, 0.25) is 5.15 Å². The van der Waals surface area contributed by atoms with Gasteiger partial charge in [0.15, 0.2) is 0 Å². The molecule has 1 aliphatic rings. The second-order valence-electron chi connectivity index (χ2n) is 5.35. The molecule has 0 aromatic carbocycles. The number of morpholine rings is 1. The Balaban J connectivity index is 2.42. The number of rotatable bonds is 1. The van der Waals surface area contributed by atoms with Crippen LogP contribution in [0.4, 0.5) is 5.69 Å². The third-order valence-corrected chi connectivity index (χ3v) is 3.27. The summed E-state index contributed by atoms with van der Waals surface area (Å²) >= 11 is 6.26. The molecular formula is C13H19ClN2O. The van der Waals surface area contributed by atoms with Gasteiger partial charge in [0.2, 0.25) is 0 Å². The lowest BCUT2D eigenvalue weighted by atomic mass is 9.86. The molecule has 0 atom stereocenters. The van der Waals surface area contributed by atoms with Gasteiger partial charge in [0.25, 0.3) is 0 Å². The van der Waals surface area contributed by atoms with Gasteiger partial charge in [0.1, 0.15) is 5.15 Å². The first-order valence-electron chi connectivity index (χ1n) is 5.98. The minimum absolute atomic E-state index is 0.00101. The molecule has 4 heteroatoms. The summed E-state index contributed by atoms with van der Waals surface area (Å²) in [6.45, 7) is 9.90. The molecule has 1 fully saturated rings. The standard InChI is InChI=1S/C13H19ClN2O/c1-13(2,3)11-10(4-5-15-12(11)14)16-6-8-17-9-7-16/h4-5H,6-9H2,1-3H3. The number of hydrogen-bond acceptors (Lipinski definition) is 3. The number of hydrogen-bond donors (Lipinski definition) is 0. The van der Waals surface area contributed by atoms with Crippen molar-refractivity contribution in [2.24, 2.45) is 0 Å². The average molecular weight is 255 g/mol. The van der Waals surface area contributed by atoms with Crippen LogP contribution in [-0.2, 0) is 10.2 Å². The maximum Gasteiger partial charge on any atom is 0.134 e. The molecule has 17 heavy (non-hydrogen) atoms. The summed E-state index contributed by atoms with van der Waals surface area (Å²) in [6.07, 6.45) is 1.78. The second kappa shape index (κ2) is 4.83. The minimum atomic E-state index is -0.00101. The van der Waals surface area contributed by atoms with Gasteiger partial charge in [0, 0.05) is 30.5 Å². The minimum Gasteiger partial charge on any atom is -0.378 e. The molecule has 1 aliphatic heterocycles. The number of halogens is 1. The van der Waals surface area contributed by atoms with E-state index in [0.717, 1.165) is 31.9 Å². The highest BCUT2D eigenvalue weighted by molar-refractivity contribution is 6.30. The predicted octanol–water partition coefficient (Wildman–Crippen LogP) is 2.87. The third kappa shape index (κ3) is 2.72. The number of aromatic nitrogens is 1. The van der Waals surface area contributed by atoms with Crippen LogP contribution in [0.15, 0.2) is 12.3 Å². The Kier molecular flexibility index (Phi) is 3.59. The quantitative estimate of drug-likeness (QED) is 0.721. The first-order chi connectivity index (χ1) is 8.00. The zero-order chi connectivity index (χ0) is 12.5. The van der Waals surface area contributed by atoms with E-state index in [1.165, 1.54) is 5.69 Å². The maximum atomic E-state index is 6.26. The largest absolute Gasteiger partial charge is 0.378 e. The summed E-state index contributed by atoms with van der Waals surface area (Å²) in [5.74, 6) is 0. The van der Waals surface area contributed by atoms with Gasteiger partial charge in [-0.05, 0) is 11.5 Å². The summed E-state index contributed by atoms with van der Waals surface area (Å²) in [6, 6.07) is 2.05. The Hall–Kier alpha value is -0.800. The molecule has 0 radical (unpaired) electrons. The highest BCUT2D eigenvalue weighted by Crippen LogP contribution is 2.36. The number of anilines is 1. The van der Waals surface area contributed by atoms with Crippen LogP contribution >= 0.6 is 11.6 Å². The zero-order valence-corrected chi connectivity index (χ0v) is 11.4. The summed E-state index contributed by atoms with van der Waals surface area (Å²) in [5, 5.41) is 0.612. The van der Waals surface area contributed by atoms with Gasteiger partial charge in [0.05, 0.1) is 13.2 Å². The Bertz CT molecular complexity index is 395. The Morgan fingerprint density at radius 3 is 2.53 bits per heavy atom. The van der Waals surface area contributed by atoms with Crippen LogP contribution in [0.3, 0.4) is 0 Å². The molecule has 0 unspecified atom stereocenters. The van der Waals surface area contributed by atoms with Crippen LogP contribution in [0.1, 0.15) is 26.3 Å². The van der Waals surface area contributed by atoms with Gasteiger partial charge in [-0.2, -0.15) is 0 Å². The molecule has 0 aliphatic carbocycles. The van der Waals surface area contributed by atoms with Crippen molar-refractivity contribution in [1.29, 1.82) is 0 Å². The lowest BCUT2D eigenvalue weighted by molar-refractivity contribution is 0.122. The van der Waals surface area contributed by atoms with Gasteiger partial charge in [-0.1, -0.05) is 32.4 Å². The van der Waals surface area contributed by atoms with E-state index >= 15 is 0 Å². The highest BCUT2D eigenvalue weighted by atomic mass is 35.5. The molecule has 0 bridgehead atoms. The Labute approximate surface area is 108 Å². The van der Waals surface area contributed by atoms with E-state index in [9.17, 15) is 0 Å². The summed E-state index contributed by atoms with van der Waals surface area (Å²) in [5.41, 5.74) is 2.32. The van der Waals surface area contributed by atoms with Gasteiger partial charge in [-0.15, -0.1) is 0 Å². The Morgan fingerprint density at radius 2 is 1.94 bits per heavy atom. The van der Waals surface area contributed by atoms with Crippen molar-refractivity contribution in [3.63, 3.8) is 0 Å². The van der Waals surface area contributed by atoms with Gasteiger partial charge in [-0.3, -0.25) is 0 Å². The molecule has 0 N–H and O–H groups in total. The molecule has 2 rings (SSSR count). The molecule has 0 amide bonds. The van der Waals surface area contributed by atoms with E-state index in [-0.39, 0.29) is 5.41 Å². The van der Waals surface area contributed by atoms with Crippen molar-refractivity contribution in [1.82, 2.24) is 4.98 Å². The average Bonchev–Trinajstić information content (AvgIpc) is 2.28. The third-order valence-electron chi connectivity index (χ3n) is 2.98. The molecule has 1 aromatic heterocycles. The maximum absolute atomic E-state index is 6.26. The topological polar surface area (TPSA) is 25.4 Å². The molecule has 1 saturated heterocycles. The van der Waals surface area contributed by atoms with E-state index in [1.54, 1.807) is 6.20 Å². The molecular weight excluding hydrogens is 236 g/mol. The van der Waals surface area contributed by atoms with Crippen LogP contribution in [-0.4, -0.2) is 31.3 Å². The van der Waals surface area contributed by atoms with E-state index in [4.69, 9.17) is 16.3 Å². The number of nitrogens with zero attached hydrogens (tertiary/aromatic N) is 2. The van der Waals surface area contributed by atoms with Gasteiger partial charge in [-0.25, -0.2) is 4.98 Å². The first kappa shape index (κ1) is 12.7. The van der Waals surface area contributed by atoms with Crippen LogP contribution in [0.25, 0.3) is 0 Å². The zero-order valence-electron chi connectivity index (χ0n) is 10.7. The highest BCUT2D eigenvalue weighted by Gasteiger charge is 2.25. The van der Waals surface area contributed by atoms with Crippen LogP contribution < -0.4 is 4.90 Å². The van der Waals surface area contributed by atoms with Crippen LogP contribution in [0, 0.1) is 0 Å². The van der Waals surface area contributed by atoms with Crippen molar-refractivity contribution >= 4 is 17.3 Å². The summed E-state index contributed by atoms with van der Waals surface area (Å²) in [7, 11) is 0. The second-order valence-corrected chi connectivity index (χ2v) is 5.70. The molecule has 0 spiro atoms. The lowest BCUT2D eigenvalue weighted by Gasteiger charge is -2.34. The fourth-order valence-corrected chi connectivity index (χ4v) is 2.62. The lowest BCUT2D eigenvalue weighted by Crippen LogP contribution is -2.37. The predicted molar refractivity (Wildman–Crippen MR) is 71.0 cm³/mol. The summed E-state index contributed by atoms with van der Waals surface area (Å²) in [4.78, 5) is 6.54. The normalized spacial score (nSPS) is 17.3. The fraction of sp³-hybridized carbons (Fsp3) is 0.615. The van der Waals surface area contributed by atoms with Gasteiger partial charge < -0.3 is 9.64 Å². The Morgan fingerprint density at radius 1 is 1.29 bits per heavy atom. The van der Waals surface area contributed by atoms with Crippen molar-refractivity contribution < 1.29 is 4.74 Å².